The van der Waals surface area contributed by atoms with Gasteiger partial charge in [0.25, 0.3) is 5.91 Å². The fraction of sp³-hybridized carbons (Fsp3) is 0.316. The van der Waals surface area contributed by atoms with Gasteiger partial charge in [-0.25, -0.2) is 4.98 Å². The first-order valence-electron chi connectivity index (χ1n) is 8.61. The fourth-order valence-electron chi connectivity index (χ4n) is 3.52. The summed E-state index contributed by atoms with van der Waals surface area (Å²) in [5.41, 5.74) is 4.04. The highest BCUT2D eigenvalue weighted by molar-refractivity contribution is 5.92. The van der Waals surface area contributed by atoms with Crippen molar-refractivity contribution in [3.63, 3.8) is 0 Å². The summed E-state index contributed by atoms with van der Waals surface area (Å²) in [7, 11) is 0. The Morgan fingerprint density at radius 1 is 1.19 bits per heavy atom. The first kappa shape index (κ1) is 16.4. The number of hydrogen-bond acceptors (Lipinski definition) is 6. The smallest absolute Gasteiger partial charge is 0.274 e. The van der Waals surface area contributed by atoms with E-state index in [2.05, 4.69) is 20.1 Å². The number of amides is 1. The van der Waals surface area contributed by atoms with Crippen molar-refractivity contribution >= 4 is 5.91 Å². The summed E-state index contributed by atoms with van der Waals surface area (Å²) in [4.78, 5) is 27.3. The lowest BCUT2D eigenvalue weighted by Gasteiger charge is -2.24. The zero-order valence-corrected chi connectivity index (χ0v) is 14.7. The zero-order valence-electron chi connectivity index (χ0n) is 14.7. The molecule has 0 aromatic carbocycles. The molecule has 0 bridgehead atoms. The summed E-state index contributed by atoms with van der Waals surface area (Å²) < 4.78 is 5.23. The predicted octanol–water partition coefficient (Wildman–Crippen LogP) is 3.12. The molecule has 1 amide bonds. The van der Waals surface area contributed by atoms with E-state index in [0.29, 0.717) is 12.2 Å². The van der Waals surface area contributed by atoms with Crippen LogP contribution in [0.5, 0.6) is 0 Å². The molecule has 4 heterocycles. The van der Waals surface area contributed by atoms with Crippen LogP contribution in [0.1, 0.15) is 46.5 Å². The van der Waals surface area contributed by atoms with Gasteiger partial charge in [-0.1, -0.05) is 11.2 Å². The van der Waals surface area contributed by atoms with E-state index in [1.807, 2.05) is 37.1 Å². The lowest BCUT2D eigenvalue weighted by molar-refractivity contribution is 0.0726. The van der Waals surface area contributed by atoms with Gasteiger partial charge in [0.1, 0.15) is 11.5 Å². The molecular formula is C19H19N5O2. The van der Waals surface area contributed by atoms with Crippen molar-refractivity contribution in [3.05, 3.63) is 59.8 Å². The van der Waals surface area contributed by atoms with Crippen LogP contribution in [0.2, 0.25) is 0 Å². The van der Waals surface area contributed by atoms with Gasteiger partial charge >= 0.3 is 0 Å². The Labute approximate surface area is 151 Å². The molecule has 7 nitrogen and oxygen atoms in total. The summed E-state index contributed by atoms with van der Waals surface area (Å²) >= 11 is 0. The second kappa shape index (κ2) is 6.67. The number of carbonyl (C=O) groups is 1. The van der Waals surface area contributed by atoms with Crippen molar-refractivity contribution in [2.45, 2.75) is 32.7 Å². The van der Waals surface area contributed by atoms with Gasteiger partial charge in [0.15, 0.2) is 0 Å². The molecule has 1 saturated heterocycles. The van der Waals surface area contributed by atoms with Crippen LogP contribution >= 0.6 is 0 Å². The maximum Gasteiger partial charge on any atom is 0.274 e. The highest BCUT2D eigenvalue weighted by Crippen LogP contribution is 2.33. The number of pyridine rings is 1. The summed E-state index contributed by atoms with van der Waals surface area (Å²) in [6.45, 7) is 4.51. The molecule has 7 heteroatoms. The zero-order chi connectivity index (χ0) is 18.1. The molecule has 3 aromatic heterocycles. The molecule has 0 spiro atoms. The number of aromatic nitrogens is 4. The number of rotatable bonds is 3. The van der Waals surface area contributed by atoms with E-state index >= 15 is 0 Å². The van der Waals surface area contributed by atoms with Gasteiger partial charge in [0, 0.05) is 36.3 Å². The molecule has 1 aliphatic heterocycles. The van der Waals surface area contributed by atoms with E-state index < -0.39 is 0 Å². The Balaban J connectivity index is 1.60. The SMILES string of the molecule is Cc1noc(C)c1-c1ccc(C2CCCN2C(=O)c2cnccn2)nc1. The Kier molecular flexibility index (Phi) is 4.20. The van der Waals surface area contributed by atoms with Crippen LogP contribution < -0.4 is 0 Å². The second-order valence-corrected chi connectivity index (χ2v) is 6.42. The van der Waals surface area contributed by atoms with Crippen LogP contribution in [-0.4, -0.2) is 37.5 Å². The molecule has 1 fully saturated rings. The molecule has 1 aliphatic rings. The van der Waals surface area contributed by atoms with Crippen LogP contribution in [0.4, 0.5) is 0 Å². The molecule has 1 unspecified atom stereocenters. The number of likely N-dealkylation sites (tertiary alicyclic amines) is 1. The third-order valence-corrected chi connectivity index (χ3v) is 4.75. The molecule has 132 valence electrons. The van der Waals surface area contributed by atoms with Crippen molar-refractivity contribution < 1.29 is 9.32 Å². The third-order valence-electron chi connectivity index (χ3n) is 4.75. The standard InChI is InChI=1S/C19H19N5O2/c1-12-18(13(2)26-23-12)14-5-6-15(22-10-14)17-4-3-9-24(17)19(25)16-11-20-7-8-21-16/h5-8,10-11,17H,3-4,9H2,1-2H3. The molecule has 0 aliphatic carbocycles. The van der Waals surface area contributed by atoms with Crippen LogP contribution in [0, 0.1) is 13.8 Å². The summed E-state index contributed by atoms with van der Waals surface area (Å²) in [6, 6.07) is 3.95. The molecule has 0 saturated carbocycles. The van der Waals surface area contributed by atoms with E-state index in [9.17, 15) is 4.79 Å². The lowest BCUT2D eigenvalue weighted by Crippen LogP contribution is -2.31. The molecule has 0 N–H and O–H groups in total. The number of nitrogens with zero attached hydrogens (tertiary/aromatic N) is 5. The van der Waals surface area contributed by atoms with E-state index in [1.165, 1.54) is 12.4 Å². The van der Waals surface area contributed by atoms with E-state index in [4.69, 9.17) is 4.52 Å². The number of aryl methyl sites for hydroxylation is 2. The van der Waals surface area contributed by atoms with Crippen molar-refractivity contribution in [1.82, 2.24) is 25.0 Å². The first-order valence-corrected chi connectivity index (χ1v) is 8.61. The molecule has 26 heavy (non-hydrogen) atoms. The quantitative estimate of drug-likeness (QED) is 0.722. The van der Waals surface area contributed by atoms with Crippen molar-refractivity contribution in [2.24, 2.45) is 0 Å². The maximum absolute atomic E-state index is 12.7. The predicted molar refractivity (Wildman–Crippen MR) is 94.3 cm³/mol. The minimum absolute atomic E-state index is 0.0387. The highest BCUT2D eigenvalue weighted by atomic mass is 16.5. The Hall–Kier alpha value is -3.09. The Morgan fingerprint density at radius 3 is 2.73 bits per heavy atom. The van der Waals surface area contributed by atoms with E-state index in [-0.39, 0.29) is 11.9 Å². The molecule has 3 aromatic rings. The average molecular weight is 349 g/mol. The van der Waals surface area contributed by atoms with Gasteiger partial charge in [0.05, 0.1) is 23.6 Å². The number of carbonyl (C=O) groups excluding carboxylic acids is 1. The lowest BCUT2D eigenvalue weighted by atomic mass is 10.0. The summed E-state index contributed by atoms with van der Waals surface area (Å²) in [5.74, 6) is 0.676. The molecular weight excluding hydrogens is 330 g/mol. The summed E-state index contributed by atoms with van der Waals surface area (Å²) in [5, 5.41) is 3.99. The second-order valence-electron chi connectivity index (χ2n) is 6.42. The third kappa shape index (κ3) is 2.85. The normalized spacial score (nSPS) is 16.8. The highest BCUT2D eigenvalue weighted by Gasteiger charge is 2.32. The largest absolute Gasteiger partial charge is 0.361 e. The van der Waals surface area contributed by atoms with E-state index in [1.54, 1.807) is 6.20 Å². The van der Waals surface area contributed by atoms with Gasteiger partial charge in [-0.05, 0) is 32.8 Å². The average Bonchev–Trinajstić information content (AvgIpc) is 3.29. The van der Waals surface area contributed by atoms with Crippen LogP contribution in [0.15, 0.2) is 41.4 Å². The molecule has 4 rings (SSSR count). The van der Waals surface area contributed by atoms with Crippen LogP contribution in [-0.2, 0) is 0 Å². The fourth-order valence-corrected chi connectivity index (χ4v) is 3.52. The monoisotopic (exact) mass is 349 g/mol. The van der Waals surface area contributed by atoms with Gasteiger partial charge in [0.2, 0.25) is 0 Å². The van der Waals surface area contributed by atoms with Gasteiger partial charge in [-0.3, -0.25) is 14.8 Å². The van der Waals surface area contributed by atoms with Crippen LogP contribution in [0.25, 0.3) is 11.1 Å². The van der Waals surface area contributed by atoms with Crippen molar-refractivity contribution in [2.75, 3.05) is 6.54 Å². The van der Waals surface area contributed by atoms with E-state index in [0.717, 1.165) is 41.1 Å². The Morgan fingerprint density at radius 2 is 2.08 bits per heavy atom. The minimum atomic E-state index is -0.0998. The topological polar surface area (TPSA) is 85.0 Å². The summed E-state index contributed by atoms with van der Waals surface area (Å²) in [6.07, 6.45) is 8.27. The van der Waals surface area contributed by atoms with Gasteiger partial charge < -0.3 is 9.42 Å². The minimum Gasteiger partial charge on any atom is -0.361 e. The first-order chi connectivity index (χ1) is 12.6. The van der Waals surface area contributed by atoms with Gasteiger partial charge in [-0.2, -0.15) is 0 Å². The maximum atomic E-state index is 12.7. The number of hydrogen-bond donors (Lipinski definition) is 0. The van der Waals surface area contributed by atoms with Crippen molar-refractivity contribution in [1.29, 1.82) is 0 Å². The van der Waals surface area contributed by atoms with Gasteiger partial charge in [-0.15, -0.1) is 0 Å². The Bertz CT molecular complexity index is 901. The molecule has 0 radical (unpaired) electrons. The molecule has 1 atom stereocenters. The van der Waals surface area contributed by atoms with Crippen LogP contribution in [0.3, 0.4) is 0 Å². The van der Waals surface area contributed by atoms with Crippen molar-refractivity contribution in [3.8, 4) is 11.1 Å².